The molecule has 1 aromatic heterocycles. The van der Waals surface area contributed by atoms with Gasteiger partial charge in [-0.15, -0.1) is 0 Å². The molecule has 0 atom stereocenters. The van der Waals surface area contributed by atoms with Crippen LogP contribution in [0.5, 0.6) is 0 Å². The molecule has 96 valence electrons. The minimum Gasteiger partial charge on any atom is -0.399 e. The Balaban J connectivity index is 2.32. The zero-order chi connectivity index (χ0) is 13.3. The molecule has 0 spiro atoms. The summed E-state index contributed by atoms with van der Waals surface area (Å²) in [6, 6.07) is 9.94. The molecule has 2 aromatic rings. The number of hydrogen-bond donors (Lipinski definition) is 1. The highest BCUT2D eigenvalue weighted by atomic mass is 15.2. The van der Waals surface area contributed by atoms with E-state index >= 15 is 0 Å². The van der Waals surface area contributed by atoms with Crippen molar-refractivity contribution < 1.29 is 0 Å². The molecule has 2 N–H and O–H groups in total. The van der Waals surface area contributed by atoms with Gasteiger partial charge in [-0.05, 0) is 35.7 Å². The Hall–Kier alpha value is -1.77. The van der Waals surface area contributed by atoms with Crippen LogP contribution >= 0.6 is 0 Å². The average molecular weight is 243 g/mol. The van der Waals surface area contributed by atoms with E-state index in [9.17, 15) is 0 Å². The van der Waals surface area contributed by atoms with Gasteiger partial charge in [0.1, 0.15) is 5.82 Å². The molecule has 0 saturated carbocycles. The number of nitrogens with two attached hydrogens (primary N) is 1. The lowest BCUT2D eigenvalue weighted by molar-refractivity contribution is 0.418. The first kappa shape index (κ1) is 12.7. The Morgan fingerprint density at radius 1 is 1.17 bits per heavy atom. The normalized spacial score (nSPS) is 11.8. The van der Waals surface area contributed by atoms with Gasteiger partial charge in [-0.2, -0.15) is 0 Å². The van der Waals surface area contributed by atoms with Gasteiger partial charge in [-0.1, -0.05) is 20.8 Å². The van der Waals surface area contributed by atoms with Crippen LogP contribution in [0.15, 0.2) is 30.3 Å². The largest absolute Gasteiger partial charge is 0.399 e. The third-order valence-corrected chi connectivity index (χ3v) is 2.80. The van der Waals surface area contributed by atoms with Crippen LogP contribution in [0.4, 0.5) is 11.5 Å². The number of anilines is 2. The molecule has 3 heteroatoms. The summed E-state index contributed by atoms with van der Waals surface area (Å²) in [5, 5.41) is 1.09. The van der Waals surface area contributed by atoms with Crippen LogP contribution in [0.3, 0.4) is 0 Å². The summed E-state index contributed by atoms with van der Waals surface area (Å²) in [6.07, 6.45) is 0. The second-order valence-electron chi connectivity index (χ2n) is 6.04. The van der Waals surface area contributed by atoms with Crippen LogP contribution in [0, 0.1) is 5.41 Å². The van der Waals surface area contributed by atoms with Crippen LogP contribution in [0.1, 0.15) is 20.8 Å². The first-order chi connectivity index (χ1) is 8.35. The fraction of sp³-hybridized carbons (Fsp3) is 0.400. The molecule has 0 fully saturated rings. The van der Waals surface area contributed by atoms with Crippen molar-refractivity contribution in [3.8, 4) is 0 Å². The quantitative estimate of drug-likeness (QED) is 0.823. The van der Waals surface area contributed by atoms with Gasteiger partial charge in [0.15, 0.2) is 0 Å². The number of pyridine rings is 1. The summed E-state index contributed by atoms with van der Waals surface area (Å²) in [4.78, 5) is 6.86. The summed E-state index contributed by atoms with van der Waals surface area (Å²) >= 11 is 0. The standard InChI is InChI=1S/C15H21N3/c1-15(2,3)10-18(4)14-8-5-11-9-12(16)6-7-13(11)17-14/h5-9H,10,16H2,1-4H3. The SMILES string of the molecule is CN(CC(C)(C)C)c1ccc2cc(N)ccc2n1. The summed E-state index contributed by atoms with van der Waals surface area (Å²) in [5.41, 5.74) is 7.79. The minimum absolute atomic E-state index is 0.256. The lowest BCUT2D eigenvalue weighted by Crippen LogP contribution is -2.29. The molecule has 2 rings (SSSR count). The molecule has 0 unspecified atom stereocenters. The first-order valence-corrected chi connectivity index (χ1v) is 6.23. The molecule has 0 aliphatic carbocycles. The minimum atomic E-state index is 0.256. The van der Waals surface area contributed by atoms with Crippen LogP contribution < -0.4 is 10.6 Å². The van der Waals surface area contributed by atoms with E-state index in [0.29, 0.717) is 0 Å². The molecule has 0 aliphatic heterocycles. The third-order valence-electron chi connectivity index (χ3n) is 2.80. The van der Waals surface area contributed by atoms with Crippen molar-refractivity contribution in [2.75, 3.05) is 24.2 Å². The lowest BCUT2D eigenvalue weighted by atomic mass is 9.96. The number of nitrogens with zero attached hydrogens (tertiary/aromatic N) is 2. The predicted octanol–water partition coefficient (Wildman–Crippen LogP) is 3.30. The number of aromatic nitrogens is 1. The van der Waals surface area contributed by atoms with E-state index in [1.165, 1.54) is 0 Å². The van der Waals surface area contributed by atoms with Gasteiger partial charge in [-0.3, -0.25) is 0 Å². The number of rotatable bonds is 2. The zero-order valence-electron chi connectivity index (χ0n) is 11.6. The van der Waals surface area contributed by atoms with E-state index in [4.69, 9.17) is 5.73 Å². The van der Waals surface area contributed by atoms with Crippen molar-refractivity contribution in [1.29, 1.82) is 0 Å². The van der Waals surface area contributed by atoms with Gasteiger partial charge in [0.25, 0.3) is 0 Å². The van der Waals surface area contributed by atoms with E-state index in [2.05, 4.69) is 43.8 Å². The molecule has 0 amide bonds. The van der Waals surface area contributed by atoms with Crippen LogP contribution in [0.2, 0.25) is 0 Å². The molecular weight excluding hydrogens is 222 g/mol. The highest BCUT2D eigenvalue weighted by Crippen LogP contribution is 2.22. The highest BCUT2D eigenvalue weighted by Gasteiger charge is 2.14. The summed E-state index contributed by atoms with van der Waals surface area (Å²) < 4.78 is 0. The topological polar surface area (TPSA) is 42.1 Å². The van der Waals surface area contributed by atoms with E-state index in [1.54, 1.807) is 0 Å². The fourth-order valence-corrected chi connectivity index (χ4v) is 2.14. The fourth-order valence-electron chi connectivity index (χ4n) is 2.14. The number of nitrogen functional groups attached to an aromatic ring is 1. The highest BCUT2D eigenvalue weighted by molar-refractivity contribution is 5.83. The molecule has 0 aliphatic rings. The van der Waals surface area contributed by atoms with Crippen LogP contribution in [-0.2, 0) is 0 Å². The zero-order valence-corrected chi connectivity index (χ0v) is 11.6. The second kappa shape index (κ2) is 4.48. The molecule has 18 heavy (non-hydrogen) atoms. The van der Waals surface area contributed by atoms with E-state index < -0.39 is 0 Å². The Kier molecular flexibility index (Phi) is 3.16. The number of hydrogen-bond acceptors (Lipinski definition) is 3. The Bertz CT molecular complexity index is 555. The van der Waals surface area contributed by atoms with Crippen molar-refractivity contribution in [2.24, 2.45) is 5.41 Å². The van der Waals surface area contributed by atoms with Crippen molar-refractivity contribution in [3.63, 3.8) is 0 Å². The average Bonchev–Trinajstić information content (AvgIpc) is 2.26. The molecule has 3 nitrogen and oxygen atoms in total. The van der Waals surface area contributed by atoms with Crippen molar-refractivity contribution in [3.05, 3.63) is 30.3 Å². The number of fused-ring (bicyclic) bond motifs is 1. The van der Waals surface area contributed by atoms with Gasteiger partial charge >= 0.3 is 0 Å². The van der Waals surface area contributed by atoms with Crippen molar-refractivity contribution >= 4 is 22.4 Å². The Morgan fingerprint density at radius 3 is 2.56 bits per heavy atom. The van der Waals surface area contributed by atoms with Gasteiger partial charge in [0, 0.05) is 24.7 Å². The van der Waals surface area contributed by atoms with Crippen LogP contribution in [0.25, 0.3) is 10.9 Å². The van der Waals surface area contributed by atoms with Crippen LogP contribution in [-0.4, -0.2) is 18.6 Å². The Labute approximate surface area is 109 Å². The number of benzene rings is 1. The van der Waals surface area contributed by atoms with Gasteiger partial charge in [-0.25, -0.2) is 4.98 Å². The summed E-state index contributed by atoms with van der Waals surface area (Å²) in [6.45, 7) is 7.65. The molecular formula is C15H21N3. The van der Waals surface area contributed by atoms with Gasteiger partial charge < -0.3 is 10.6 Å². The van der Waals surface area contributed by atoms with E-state index in [1.807, 2.05) is 24.3 Å². The molecule has 1 aromatic carbocycles. The maximum atomic E-state index is 5.77. The smallest absolute Gasteiger partial charge is 0.129 e. The predicted molar refractivity (Wildman–Crippen MR) is 78.9 cm³/mol. The van der Waals surface area contributed by atoms with Gasteiger partial charge in [0.2, 0.25) is 0 Å². The Morgan fingerprint density at radius 2 is 1.89 bits per heavy atom. The van der Waals surface area contributed by atoms with E-state index in [-0.39, 0.29) is 5.41 Å². The van der Waals surface area contributed by atoms with Gasteiger partial charge in [0.05, 0.1) is 5.52 Å². The summed E-state index contributed by atoms with van der Waals surface area (Å²) in [7, 11) is 2.08. The van der Waals surface area contributed by atoms with E-state index in [0.717, 1.165) is 29.0 Å². The lowest BCUT2D eigenvalue weighted by Gasteiger charge is -2.27. The van der Waals surface area contributed by atoms with Crippen molar-refractivity contribution in [2.45, 2.75) is 20.8 Å². The molecule has 0 radical (unpaired) electrons. The maximum absolute atomic E-state index is 5.77. The molecule has 1 heterocycles. The molecule has 0 bridgehead atoms. The second-order valence-corrected chi connectivity index (χ2v) is 6.04. The third kappa shape index (κ3) is 2.92. The van der Waals surface area contributed by atoms with Crippen molar-refractivity contribution in [1.82, 2.24) is 4.98 Å². The summed E-state index contributed by atoms with van der Waals surface area (Å²) in [5.74, 6) is 1.00. The monoisotopic (exact) mass is 243 g/mol. The first-order valence-electron chi connectivity index (χ1n) is 6.23. The molecule has 0 saturated heterocycles. The maximum Gasteiger partial charge on any atom is 0.129 e.